The molecule has 0 aliphatic carbocycles. The molecule has 1 rings (SSSR count). The Morgan fingerprint density at radius 3 is 2.09 bits per heavy atom. The van der Waals surface area contributed by atoms with Gasteiger partial charge >= 0.3 is 0 Å². The smallest absolute Gasteiger partial charge is 0.244 e. The number of hydrogen-bond acceptors (Lipinski definition) is 3. The molecule has 0 saturated heterocycles. The molecule has 124 valence electrons. The van der Waals surface area contributed by atoms with Gasteiger partial charge in [-0.25, -0.2) is 12.8 Å². The number of carbonyl (C=O) groups excluding carboxylic acids is 1. The van der Waals surface area contributed by atoms with Crippen molar-refractivity contribution in [2.24, 2.45) is 0 Å². The fourth-order valence-electron chi connectivity index (χ4n) is 2.42. The van der Waals surface area contributed by atoms with E-state index in [0.717, 1.165) is 4.31 Å². The molecule has 1 aromatic carbocycles. The van der Waals surface area contributed by atoms with Gasteiger partial charge in [0.1, 0.15) is 11.9 Å². The van der Waals surface area contributed by atoms with E-state index in [9.17, 15) is 17.6 Å². The topological polar surface area (TPSA) is 57.7 Å². The van der Waals surface area contributed by atoms with Crippen molar-refractivity contribution in [2.45, 2.75) is 38.6 Å². The summed E-state index contributed by atoms with van der Waals surface area (Å²) in [5.74, 6) is -0.877. The van der Waals surface area contributed by atoms with Crippen LogP contribution in [-0.4, -0.2) is 50.7 Å². The van der Waals surface area contributed by atoms with Crippen molar-refractivity contribution in [1.82, 2.24) is 9.21 Å². The summed E-state index contributed by atoms with van der Waals surface area (Å²) in [6, 6.07) is 0.629. The van der Waals surface area contributed by atoms with Gasteiger partial charge in [0.25, 0.3) is 0 Å². The predicted octanol–water partition coefficient (Wildman–Crippen LogP) is 1.85. The number of sulfonamides is 1. The predicted molar refractivity (Wildman–Crippen MR) is 83.7 cm³/mol. The van der Waals surface area contributed by atoms with Crippen LogP contribution in [0, 0.1) is 26.6 Å². The molecule has 7 heteroatoms. The second kappa shape index (κ2) is 6.34. The lowest BCUT2D eigenvalue weighted by Crippen LogP contribution is -2.45. The van der Waals surface area contributed by atoms with E-state index in [1.807, 2.05) is 0 Å². The number of carbonyl (C=O) groups is 1. The third-order valence-electron chi connectivity index (χ3n) is 3.79. The summed E-state index contributed by atoms with van der Waals surface area (Å²) < 4.78 is 40.7. The molecule has 0 aliphatic heterocycles. The van der Waals surface area contributed by atoms with Crippen molar-refractivity contribution in [2.75, 3.05) is 21.1 Å². The monoisotopic (exact) mass is 330 g/mol. The summed E-state index contributed by atoms with van der Waals surface area (Å²) in [4.78, 5) is 13.3. The van der Waals surface area contributed by atoms with Crippen LogP contribution in [0.5, 0.6) is 0 Å². The molecule has 0 fully saturated rings. The maximum absolute atomic E-state index is 14.1. The molecule has 1 atom stereocenters. The lowest BCUT2D eigenvalue weighted by atomic mass is 10.1. The van der Waals surface area contributed by atoms with Gasteiger partial charge in [0, 0.05) is 26.7 Å². The SMILES string of the molecule is Cc1cc(C)c(S(=O)(=O)N(C)[C@@H](C)C(=O)N(C)C)c(C)c1F. The van der Waals surface area contributed by atoms with Crippen molar-refractivity contribution in [1.29, 1.82) is 0 Å². The minimum atomic E-state index is -3.97. The van der Waals surface area contributed by atoms with E-state index in [2.05, 4.69) is 0 Å². The van der Waals surface area contributed by atoms with E-state index in [1.165, 1.54) is 31.9 Å². The van der Waals surface area contributed by atoms with Crippen LogP contribution in [0.3, 0.4) is 0 Å². The largest absolute Gasteiger partial charge is 0.347 e. The van der Waals surface area contributed by atoms with Gasteiger partial charge in [-0.05, 0) is 38.8 Å². The summed E-state index contributed by atoms with van der Waals surface area (Å²) in [6.07, 6.45) is 0. The van der Waals surface area contributed by atoms with Crippen LogP contribution in [0.4, 0.5) is 4.39 Å². The molecule has 0 bridgehead atoms. The number of halogens is 1. The molecule has 0 N–H and O–H groups in total. The van der Waals surface area contributed by atoms with Crippen LogP contribution < -0.4 is 0 Å². The van der Waals surface area contributed by atoms with Crippen LogP contribution in [-0.2, 0) is 14.8 Å². The van der Waals surface area contributed by atoms with Crippen LogP contribution in [0.1, 0.15) is 23.6 Å². The second-order valence-electron chi connectivity index (χ2n) is 5.71. The summed E-state index contributed by atoms with van der Waals surface area (Å²) >= 11 is 0. The molecule has 0 aromatic heterocycles. The molecule has 22 heavy (non-hydrogen) atoms. The van der Waals surface area contributed by atoms with Gasteiger partial charge in [-0.15, -0.1) is 0 Å². The first-order chi connectivity index (χ1) is 9.92. The fraction of sp³-hybridized carbons (Fsp3) is 0.533. The van der Waals surface area contributed by atoms with E-state index in [4.69, 9.17) is 0 Å². The normalized spacial score (nSPS) is 13.3. The number of aryl methyl sites for hydroxylation is 2. The highest BCUT2D eigenvalue weighted by Gasteiger charge is 2.33. The third-order valence-corrected chi connectivity index (χ3v) is 6.01. The maximum Gasteiger partial charge on any atom is 0.244 e. The van der Waals surface area contributed by atoms with E-state index >= 15 is 0 Å². The maximum atomic E-state index is 14.1. The van der Waals surface area contributed by atoms with Gasteiger partial charge in [0.15, 0.2) is 0 Å². The Bertz CT molecular complexity index is 699. The van der Waals surface area contributed by atoms with Gasteiger partial charge in [0.05, 0.1) is 4.90 Å². The van der Waals surface area contributed by atoms with Crippen LogP contribution >= 0.6 is 0 Å². The lowest BCUT2D eigenvalue weighted by Gasteiger charge is -2.27. The van der Waals surface area contributed by atoms with Crippen molar-refractivity contribution >= 4 is 15.9 Å². The quantitative estimate of drug-likeness (QED) is 0.846. The number of benzene rings is 1. The molecule has 0 saturated carbocycles. The Labute approximate surface area is 131 Å². The highest BCUT2D eigenvalue weighted by molar-refractivity contribution is 7.89. The van der Waals surface area contributed by atoms with Crippen LogP contribution in [0.25, 0.3) is 0 Å². The van der Waals surface area contributed by atoms with Gasteiger partial charge < -0.3 is 4.90 Å². The average molecular weight is 330 g/mol. The van der Waals surface area contributed by atoms with Crippen molar-refractivity contribution in [3.8, 4) is 0 Å². The Balaban J connectivity index is 3.43. The third kappa shape index (κ3) is 3.15. The van der Waals surface area contributed by atoms with Gasteiger partial charge in [-0.2, -0.15) is 4.31 Å². The van der Waals surface area contributed by atoms with E-state index < -0.39 is 21.9 Å². The van der Waals surface area contributed by atoms with Crippen molar-refractivity contribution in [3.05, 3.63) is 28.6 Å². The number of likely N-dealkylation sites (N-methyl/N-ethyl adjacent to an activating group) is 2. The van der Waals surface area contributed by atoms with Crippen LogP contribution in [0.2, 0.25) is 0 Å². The summed E-state index contributed by atoms with van der Waals surface area (Å²) in [5, 5.41) is 0. The second-order valence-corrected chi connectivity index (χ2v) is 7.64. The molecule has 1 amide bonds. The lowest BCUT2D eigenvalue weighted by molar-refractivity contribution is -0.131. The van der Waals surface area contributed by atoms with Gasteiger partial charge in [-0.3, -0.25) is 4.79 Å². The number of rotatable bonds is 4. The summed E-state index contributed by atoms with van der Waals surface area (Å²) in [5.41, 5.74) is 0.940. The minimum absolute atomic E-state index is 0.0727. The highest BCUT2D eigenvalue weighted by atomic mass is 32.2. The van der Waals surface area contributed by atoms with Gasteiger partial charge in [0.2, 0.25) is 15.9 Å². The first-order valence-corrected chi connectivity index (χ1v) is 8.32. The molecule has 5 nitrogen and oxygen atoms in total. The molecule has 0 spiro atoms. The molecule has 0 aliphatic rings. The van der Waals surface area contributed by atoms with Crippen molar-refractivity contribution in [3.63, 3.8) is 0 Å². The number of amides is 1. The van der Waals surface area contributed by atoms with E-state index in [1.54, 1.807) is 27.9 Å². The van der Waals surface area contributed by atoms with Crippen LogP contribution in [0.15, 0.2) is 11.0 Å². The molecule has 0 heterocycles. The Hall–Kier alpha value is -1.47. The molecular formula is C15H23FN2O3S. The zero-order chi connectivity index (χ0) is 17.4. The average Bonchev–Trinajstić information content (AvgIpc) is 2.41. The summed E-state index contributed by atoms with van der Waals surface area (Å²) in [6.45, 7) is 6.16. The standard InChI is InChI=1S/C15H23FN2O3S/c1-9-8-10(2)14(11(3)13(9)16)22(20,21)18(7)12(4)15(19)17(5)6/h8,12H,1-7H3/t12-/m0/s1. The Kier molecular flexibility index (Phi) is 5.35. The number of nitrogens with zero attached hydrogens (tertiary/aromatic N) is 2. The molecule has 0 radical (unpaired) electrons. The first-order valence-electron chi connectivity index (χ1n) is 6.88. The Morgan fingerprint density at radius 1 is 1.14 bits per heavy atom. The summed E-state index contributed by atoms with van der Waals surface area (Å²) in [7, 11) is 0.474. The number of hydrogen-bond donors (Lipinski definition) is 0. The van der Waals surface area contributed by atoms with E-state index in [0.29, 0.717) is 11.1 Å². The van der Waals surface area contributed by atoms with E-state index in [-0.39, 0.29) is 16.4 Å². The fourth-order valence-corrected chi connectivity index (χ4v) is 4.16. The van der Waals surface area contributed by atoms with Gasteiger partial charge in [-0.1, -0.05) is 6.07 Å². The van der Waals surface area contributed by atoms with Crippen molar-refractivity contribution < 1.29 is 17.6 Å². The first kappa shape index (κ1) is 18.6. The minimum Gasteiger partial charge on any atom is -0.347 e. The molecule has 1 aromatic rings. The molecular weight excluding hydrogens is 307 g/mol. The highest BCUT2D eigenvalue weighted by Crippen LogP contribution is 2.28. The zero-order valence-electron chi connectivity index (χ0n) is 14.1. The molecule has 0 unspecified atom stereocenters. The zero-order valence-corrected chi connectivity index (χ0v) is 14.9. The Morgan fingerprint density at radius 2 is 1.64 bits per heavy atom.